The molecule has 7 nitrogen and oxygen atoms in total. The summed E-state index contributed by atoms with van der Waals surface area (Å²) >= 11 is 0. The van der Waals surface area contributed by atoms with Crippen LogP contribution < -0.4 is 5.32 Å². The molecule has 0 spiro atoms. The van der Waals surface area contributed by atoms with Crippen LogP contribution in [-0.4, -0.2) is 65.0 Å². The number of morpholine rings is 1. The lowest BCUT2D eigenvalue weighted by molar-refractivity contribution is 0.0383. The quantitative estimate of drug-likeness (QED) is 0.681. The fraction of sp³-hybridized carbons (Fsp3) is 0.400. The summed E-state index contributed by atoms with van der Waals surface area (Å²) in [5.74, 6) is -0.195. The number of benzene rings is 1. The number of alkyl halides is 1. The monoisotopic (exact) mass is 385 g/mol. The van der Waals surface area contributed by atoms with Crippen molar-refractivity contribution < 1.29 is 13.9 Å². The first-order valence-electron chi connectivity index (χ1n) is 9.44. The Labute approximate surface area is 162 Å². The van der Waals surface area contributed by atoms with E-state index in [0.29, 0.717) is 17.8 Å². The first kappa shape index (κ1) is 18.6. The van der Waals surface area contributed by atoms with Crippen molar-refractivity contribution in [3.63, 3.8) is 0 Å². The molecule has 0 unspecified atom stereocenters. The molecule has 0 radical (unpaired) electrons. The van der Waals surface area contributed by atoms with E-state index >= 15 is 0 Å². The smallest absolute Gasteiger partial charge is 0.271 e. The van der Waals surface area contributed by atoms with Gasteiger partial charge in [-0.15, -0.1) is 0 Å². The number of aromatic amines is 1. The van der Waals surface area contributed by atoms with Gasteiger partial charge in [0.2, 0.25) is 0 Å². The number of aromatic nitrogens is 3. The van der Waals surface area contributed by atoms with Crippen molar-refractivity contribution in [2.45, 2.75) is 6.67 Å². The summed E-state index contributed by atoms with van der Waals surface area (Å²) in [7, 11) is 1.80. The molecule has 0 atom stereocenters. The molecule has 2 aromatic heterocycles. The van der Waals surface area contributed by atoms with Gasteiger partial charge in [0, 0.05) is 55.9 Å². The van der Waals surface area contributed by atoms with E-state index in [4.69, 9.17) is 4.74 Å². The number of hydrogen-bond acceptors (Lipinski definition) is 4. The summed E-state index contributed by atoms with van der Waals surface area (Å²) in [6.07, 6.45) is 1.86. The van der Waals surface area contributed by atoms with Gasteiger partial charge in [0.05, 0.1) is 18.9 Å². The van der Waals surface area contributed by atoms with E-state index in [0.717, 1.165) is 55.0 Å². The number of hydrogen-bond donors (Lipinski definition) is 2. The maximum atomic E-state index is 13.0. The highest BCUT2D eigenvalue weighted by Gasteiger charge is 2.17. The Morgan fingerprint density at radius 3 is 2.93 bits per heavy atom. The zero-order chi connectivity index (χ0) is 19.5. The molecule has 1 saturated heterocycles. The fourth-order valence-corrected chi connectivity index (χ4v) is 3.54. The number of nitrogens with one attached hydrogen (secondary N) is 2. The molecule has 0 saturated carbocycles. The van der Waals surface area contributed by atoms with Crippen LogP contribution in [0.1, 0.15) is 16.1 Å². The maximum Gasteiger partial charge on any atom is 0.271 e. The van der Waals surface area contributed by atoms with E-state index in [9.17, 15) is 9.18 Å². The van der Waals surface area contributed by atoms with E-state index in [1.807, 2.05) is 18.3 Å². The molecule has 148 valence electrons. The van der Waals surface area contributed by atoms with Gasteiger partial charge in [0.1, 0.15) is 6.67 Å². The summed E-state index contributed by atoms with van der Waals surface area (Å²) in [4.78, 5) is 18.0. The van der Waals surface area contributed by atoms with Crippen molar-refractivity contribution in [3.8, 4) is 11.3 Å². The highest BCUT2D eigenvalue weighted by molar-refractivity contribution is 5.98. The second-order valence-electron chi connectivity index (χ2n) is 6.96. The van der Waals surface area contributed by atoms with Crippen LogP contribution in [0.2, 0.25) is 0 Å². The first-order chi connectivity index (χ1) is 13.7. The summed E-state index contributed by atoms with van der Waals surface area (Å²) in [6, 6.07) is 7.23. The van der Waals surface area contributed by atoms with Crippen LogP contribution in [0.5, 0.6) is 0 Å². The highest BCUT2D eigenvalue weighted by Crippen LogP contribution is 2.29. The molecule has 3 aromatic rings. The van der Waals surface area contributed by atoms with Crippen LogP contribution in [0, 0.1) is 0 Å². The summed E-state index contributed by atoms with van der Waals surface area (Å²) in [5.41, 5.74) is 3.62. The van der Waals surface area contributed by atoms with E-state index < -0.39 is 6.67 Å². The standard InChI is InChI=1S/C20H24FN5O2/c1-25-19(16-13-23-17-3-2-14(12-21)10-15(16)17)11-18(24-25)20(27)22-4-5-26-6-8-28-9-7-26/h2-3,10-11,13,23H,4-9,12H2,1H3,(H,22,27). The Hall–Kier alpha value is -2.71. The molecule has 4 rings (SSSR count). The van der Waals surface area contributed by atoms with Gasteiger partial charge in [-0.2, -0.15) is 5.10 Å². The Bertz CT molecular complexity index is 974. The molecule has 1 fully saturated rings. The summed E-state index contributed by atoms with van der Waals surface area (Å²) < 4.78 is 20.1. The predicted octanol–water partition coefficient (Wildman–Crippen LogP) is 2.10. The number of amides is 1. The summed E-state index contributed by atoms with van der Waals surface area (Å²) in [5, 5.41) is 8.21. The molecular formula is C20H24FN5O2. The van der Waals surface area contributed by atoms with Crippen molar-refractivity contribution in [2.75, 3.05) is 39.4 Å². The fourth-order valence-electron chi connectivity index (χ4n) is 3.54. The van der Waals surface area contributed by atoms with E-state index in [2.05, 4.69) is 20.3 Å². The normalized spacial score (nSPS) is 15.2. The van der Waals surface area contributed by atoms with Crippen molar-refractivity contribution in [3.05, 3.63) is 41.7 Å². The van der Waals surface area contributed by atoms with Gasteiger partial charge < -0.3 is 15.0 Å². The molecule has 1 aliphatic heterocycles. The molecule has 1 amide bonds. The predicted molar refractivity (Wildman–Crippen MR) is 105 cm³/mol. The largest absolute Gasteiger partial charge is 0.379 e. The molecule has 1 aliphatic rings. The minimum absolute atomic E-state index is 0.195. The number of halogens is 1. The average Bonchev–Trinajstić information content (AvgIpc) is 3.31. The second kappa shape index (κ2) is 8.12. The number of H-pyrrole nitrogens is 1. The van der Waals surface area contributed by atoms with Crippen LogP contribution in [0.3, 0.4) is 0 Å². The minimum Gasteiger partial charge on any atom is -0.379 e. The molecule has 3 heterocycles. The number of carbonyl (C=O) groups excluding carboxylic acids is 1. The van der Waals surface area contributed by atoms with Gasteiger partial charge in [0.25, 0.3) is 5.91 Å². The lowest BCUT2D eigenvalue weighted by Crippen LogP contribution is -2.41. The Balaban J connectivity index is 1.48. The Morgan fingerprint density at radius 1 is 1.32 bits per heavy atom. The van der Waals surface area contributed by atoms with E-state index in [1.165, 1.54) is 0 Å². The van der Waals surface area contributed by atoms with Crippen molar-refractivity contribution in [1.29, 1.82) is 0 Å². The molecule has 1 aromatic carbocycles. The molecule has 0 aliphatic carbocycles. The molecule has 8 heteroatoms. The lowest BCUT2D eigenvalue weighted by Gasteiger charge is -2.26. The minimum atomic E-state index is -0.511. The number of fused-ring (bicyclic) bond motifs is 1. The highest BCUT2D eigenvalue weighted by atomic mass is 19.1. The zero-order valence-corrected chi connectivity index (χ0v) is 15.9. The first-order valence-corrected chi connectivity index (χ1v) is 9.44. The lowest BCUT2D eigenvalue weighted by atomic mass is 10.1. The Kier molecular flexibility index (Phi) is 5.40. The Morgan fingerprint density at radius 2 is 2.14 bits per heavy atom. The molecule has 28 heavy (non-hydrogen) atoms. The SMILES string of the molecule is Cn1nc(C(=O)NCCN2CCOCC2)cc1-c1c[nH]c2ccc(CF)cc12. The summed E-state index contributed by atoms with van der Waals surface area (Å²) in [6.45, 7) is 4.12. The molecular weight excluding hydrogens is 361 g/mol. The van der Waals surface area contributed by atoms with Gasteiger partial charge in [-0.05, 0) is 23.8 Å². The van der Waals surface area contributed by atoms with Crippen molar-refractivity contribution in [1.82, 2.24) is 25.0 Å². The van der Waals surface area contributed by atoms with Crippen LogP contribution in [-0.2, 0) is 18.5 Å². The van der Waals surface area contributed by atoms with Gasteiger partial charge in [-0.3, -0.25) is 14.4 Å². The third-order valence-electron chi connectivity index (χ3n) is 5.11. The third-order valence-corrected chi connectivity index (χ3v) is 5.11. The van der Waals surface area contributed by atoms with Gasteiger partial charge >= 0.3 is 0 Å². The maximum absolute atomic E-state index is 13.0. The molecule has 2 N–H and O–H groups in total. The van der Waals surface area contributed by atoms with Gasteiger partial charge in [-0.25, -0.2) is 4.39 Å². The number of ether oxygens (including phenoxy) is 1. The van der Waals surface area contributed by atoms with E-state index in [1.54, 1.807) is 23.9 Å². The third kappa shape index (κ3) is 3.79. The number of rotatable bonds is 6. The number of carbonyl (C=O) groups is 1. The van der Waals surface area contributed by atoms with Crippen LogP contribution in [0.4, 0.5) is 4.39 Å². The van der Waals surface area contributed by atoms with Crippen LogP contribution >= 0.6 is 0 Å². The van der Waals surface area contributed by atoms with Gasteiger partial charge in [0.15, 0.2) is 5.69 Å². The molecule has 0 bridgehead atoms. The van der Waals surface area contributed by atoms with Crippen LogP contribution in [0.15, 0.2) is 30.5 Å². The van der Waals surface area contributed by atoms with Crippen LogP contribution in [0.25, 0.3) is 22.2 Å². The zero-order valence-electron chi connectivity index (χ0n) is 15.9. The average molecular weight is 385 g/mol. The van der Waals surface area contributed by atoms with Gasteiger partial charge in [-0.1, -0.05) is 6.07 Å². The second-order valence-corrected chi connectivity index (χ2v) is 6.96. The topological polar surface area (TPSA) is 75.2 Å². The van der Waals surface area contributed by atoms with Crippen molar-refractivity contribution in [2.24, 2.45) is 7.05 Å². The number of aryl methyl sites for hydroxylation is 1. The number of nitrogens with zero attached hydrogens (tertiary/aromatic N) is 3. The van der Waals surface area contributed by atoms with E-state index in [-0.39, 0.29) is 5.91 Å². The van der Waals surface area contributed by atoms with Crippen molar-refractivity contribution >= 4 is 16.8 Å².